The average Bonchev–Trinajstić information content (AvgIpc) is 2.91. The van der Waals surface area contributed by atoms with Gasteiger partial charge in [0.05, 0.1) is 0 Å². The second-order valence-electron chi connectivity index (χ2n) is 8.31. The maximum atomic E-state index is 12.4. The maximum absolute atomic E-state index is 12.4. The quantitative estimate of drug-likeness (QED) is 0.207. The van der Waals surface area contributed by atoms with Gasteiger partial charge >= 0.3 is 23.9 Å². The average molecular weight is 540 g/mol. The normalized spacial score (nSPS) is 12.1. The van der Waals surface area contributed by atoms with Gasteiger partial charge < -0.3 is 20.3 Å². The Morgan fingerprint density at radius 1 is 0.816 bits per heavy atom. The Bertz CT molecular complexity index is 1270. The predicted molar refractivity (Wildman–Crippen MR) is 139 cm³/mol. The molecule has 0 aliphatic heterocycles. The third kappa shape index (κ3) is 8.91. The molecule has 0 bridgehead atoms. The first-order valence-electron chi connectivity index (χ1n) is 11.5. The third-order valence-corrected chi connectivity index (χ3v) is 5.65. The highest BCUT2D eigenvalue weighted by Gasteiger charge is 2.25. The van der Waals surface area contributed by atoms with Crippen LogP contribution in [-0.2, 0) is 32.1 Å². The topological polar surface area (TPSA) is 154 Å². The Hall–Kier alpha value is -4.41. The number of aliphatic carboxylic acids is 1. The number of hydrogen-bond donors (Lipinski definition) is 5. The van der Waals surface area contributed by atoms with Crippen LogP contribution in [0.15, 0.2) is 78.9 Å². The molecule has 3 amide bonds. The van der Waals surface area contributed by atoms with Gasteiger partial charge in [0.25, 0.3) is 0 Å². The number of carbonyl (C=O) groups is 4. The number of carboxylic acid groups (broad SMARTS) is 1. The first-order valence-corrected chi connectivity index (χ1v) is 11.9. The van der Waals surface area contributed by atoms with E-state index in [1.54, 1.807) is 48.5 Å². The fourth-order valence-corrected chi connectivity index (χ4v) is 3.71. The van der Waals surface area contributed by atoms with Crippen LogP contribution in [0.4, 0.5) is 4.79 Å². The highest BCUT2D eigenvalue weighted by atomic mass is 35.5. The zero-order chi connectivity index (χ0) is 27.5. The number of nitrogens with one attached hydrogen (secondary N) is 3. The van der Waals surface area contributed by atoms with Crippen molar-refractivity contribution < 1.29 is 34.1 Å². The molecule has 0 saturated carbocycles. The predicted octanol–water partition coefficient (Wildman–Crippen LogP) is 2.83. The number of hydrogen-bond acceptors (Lipinski definition) is 6. The molecule has 2 atom stereocenters. The van der Waals surface area contributed by atoms with Crippen molar-refractivity contribution in [1.29, 1.82) is 0 Å². The van der Waals surface area contributed by atoms with Crippen LogP contribution in [0.2, 0.25) is 5.02 Å². The Balaban J connectivity index is 1.57. The first-order chi connectivity index (χ1) is 18.2. The molecule has 0 fully saturated rings. The minimum atomic E-state index is -1.76. The molecular weight excluding hydrogens is 514 g/mol. The molecule has 0 aliphatic rings. The largest absolute Gasteiger partial charge is 0.479 e. The minimum absolute atomic E-state index is 0.0417. The van der Waals surface area contributed by atoms with Crippen molar-refractivity contribution in [2.75, 3.05) is 0 Å². The molecule has 3 aromatic rings. The van der Waals surface area contributed by atoms with Crippen molar-refractivity contribution in [3.05, 3.63) is 95.0 Å². The van der Waals surface area contributed by atoms with Gasteiger partial charge in [0.1, 0.15) is 6.61 Å². The van der Waals surface area contributed by atoms with Crippen LogP contribution in [0, 0.1) is 0 Å². The van der Waals surface area contributed by atoms with Crippen LogP contribution in [-0.4, -0.2) is 46.2 Å². The molecule has 0 heterocycles. The van der Waals surface area contributed by atoms with Gasteiger partial charge in [0, 0.05) is 17.5 Å². The number of benzene rings is 3. The van der Waals surface area contributed by atoms with Crippen LogP contribution < -0.4 is 16.2 Å². The molecule has 0 spiro atoms. The van der Waals surface area contributed by atoms with Crippen molar-refractivity contribution in [2.45, 2.75) is 31.6 Å². The lowest BCUT2D eigenvalue weighted by atomic mass is 9.98. The molecule has 1 unspecified atom stereocenters. The number of aliphatic hydroxyl groups excluding tert-OH is 1. The molecular formula is C27H26ClN3O7. The van der Waals surface area contributed by atoms with Gasteiger partial charge in [-0.2, -0.15) is 0 Å². The second-order valence-corrected chi connectivity index (χ2v) is 8.75. The Morgan fingerprint density at radius 2 is 1.53 bits per heavy atom. The summed E-state index contributed by atoms with van der Waals surface area (Å²) < 4.78 is 4.94. The van der Waals surface area contributed by atoms with E-state index in [0.717, 1.165) is 22.3 Å². The lowest BCUT2D eigenvalue weighted by molar-refractivity contribution is -0.147. The van der Waals surface area contributed by atoms with Crippen molar-refractivity contribution >= 4 is 35.5 Å². The number of aliphatic hydroxyl groups is 1. The highest BCUT2D eigenvalue weighted by molar-refractivity contribution is 6.35. The van der Waals surface area contributed by atoms with E-state index in [9.17, 15) is 24.3 Å². The van der Waals surface area contributed by atoms with Gasteiger partial charge in [-0.15, -0.1) is 0 Å². The Kier molecular flexibility index (Phi) is 10.2. The lowest BCUT2D eigenvalue weighted by Crippen LogP contribution is -2.51. The summed E-state index contributed by atoms with van der Waals surface area (Å²) in [4.78, 5) is 47.5. The molecule has 0 aliphatic carbocycles. The zero-order valence-electron chi connectivity index (χ0n) is 20.1. The van der Waals surface area contributed by atoms with Crippen molar-refractivity contribution in [3.8, 4) is 11.1 Å². The summed E-state index contributed by atoms with van der Waals surface area (Å²) >= 11 is 6.05. The minimum Gasteiger partial charge on any atom is -0.479 e. The molecule has 0 aromatic heterocycles. The molecule has 10 nitrogen and oxygen atoms in total. The van der Waals surface area contributed by atoms with E-state index >= 15 is 0 Å². The van der Waals surface area contributed by atoms with Crippen LogP contribution >= 0.6 is 11.6 Å². The summed E-state index contributed by atoms with van der Waals surface area (Å²) in [7, 11) is 0. The number of hydrazine groups is 1. The Labute approximate surface area is 223 Å². The van der Waals surface area contributed by atoms with E-state index in [1.165, 1.54) is 0 Å². The third-order valence-electron chi connectivity index (χ3n) is 5.42. The van der Waals surface area contributed by atoms with Crippen molar-refractivity contribution in [1.82, 2.24) is 16.2 Å². The lowest BCUT2D eigenvalue weighted by Gasteiger charge is -2.20. The Morgan fingerprint density at radius 3 is 2.18 bits per heavy atom. The zero-order valence-corrected chi connectivity index (χ0v) is 20.9. The van der Waals surface area contributed by atoms with E-state index in [-0.39, 0.29) is 19.4 Å². The van der Waals surface area contributed by atoms with E-state index in [2.05, 4.69) is 5.32 Å². The molecule has 0 radical (unpaired) electrons. The van der Waals surface area contributed by atoms with E-state index in [0.29, 0.717) is 5.02 Å². The number of carbonyl (C=O) groups excluding carboxylic acids is 3. The SMILES string of the molecule is O=C(NNC(=O)C(=O)NC(Cc1ccc(-c2cccc(Cl)c2)cc1)C[C@@H](O)C(=O)O)OCc1ccccc1. The fourth-order valence-electron chi connectivity index (χ4n) is 3.52. The molecule has 3 rings (SSSR count). The van der Waals surface area contributed by atoms with Gasteiger partial charge in [-0.1, -0.05) is 78.3 Å². The smallest absolute Gasteiger partial charge is 0.426 e. The highest BCUT2D eigenvalue weighted by Crippen LogP contribution is 2.23. The molecule has 11 heteroatoms. The van der Waals surface area contributed by atoms with Crippen molar-refractivity contribution in [2.24, 2.45) is 0 Å². The molecule has 3 aromatic carbocycles. The summed E-state index contributed by atoms with van der Waals surface area (Å²) in [5, 5.41) is 21.9. The molecule has 198 valence electrons. The number of ether oxygens (including phenoxy) is 1. The number of halogens is 1. The summed E-state index contributed by atoms with van der Waals surface area (Å²) in [6, 6.07) is 22.5. The van der Waals surface area contributed by atoms with Gasteiger partial charge in [0.15, 0.2) is 6.10 Å². The van der Waals surface area contributed by atoms with Gasteiger partial charge in [-0.05, 0) is 40.8 Å². The maximum Gasteiger partial charge on any atom is 0.426 e. The number of amides is 3. The van der Waals surface area contributed by atoms with E-state index in [1.807, 2.05) is 41.2 Å². The second kappa shape index (κ2) is 13.8. The summed E-state index contributed by atoms with van der Waals surface area (Å²) in [6.45, 7) is -0.0417. The first kappa shape index (κ1) is 28.2. The molecule has 0 saturated heterocycles. The molecule has 5 N–H and O–H groups in total. The van der Waals surface area contributed by atoms with Gasteiger partial charge in [-0.3, -0.25) is 15.0 Å². The van der Waals surface area contributed by atoms with Crippen molar-refractivity contribution in [3.63, 3.8) is 0 Å². The molecule has 38 heavy (non-hydrogen) atoms. The fraction of sp³-hybridized carbons (Fsp3) is 0.185. The van der Waals surface area contributed by atoms with E-state index in [4.69, 9.17) is 21.4 Å². The van der Waals surface area contributed by atoms with Crippen LogP contribution in [0.3, 0.4) is 0 Å². The van der Waals surface area contributed by atoms with Crippen LogP contribution in [0.1, 0.15) is 17.5 Å². The summed E-state index contributed by atoms with van der Waals surface area (Å²) in [5.41, 5.74) is 7.15. The summed E-state index contributed by atoms with van der Waals surface area (Å²) in [5.74, 6) is -3.80. The number of rotatable bonds is 9. The van der Waals surface area contributed by atoms with E-state index < -0.39 is 36.0 Å². The van der Waals surface area contributed by atoms with Crippen LogP contribution in [0.25, 0.3) is 11.1 Å². The number of carboxylic acids is 1. The summed E-state index contributed by atoms with van der Waals surface area (Å²) in [6.07, 6.45) is -2.96. The standard InChI is InChI=1S/C27H26ClN3O7/c28-21-8-4-7-20(14-21)19-11-9-17(10-12-19)13-22(15-23(32)26(35)36)29-24(33)25(34)30-31-27(37)38-16-18-5-2-1-3-6-18/h1-12,14,22-23,32H,13,15-16H2,(H,29,33)(H,30,34)(H,31,37)(H,35,36)/t22?,23-/m1/s1. The monoisotopic (exact) mass is 539 g/mol. The van der Waals surface area contributed by atoms with Gasteiger partial charge in [-0.25, -0.2) is 15.0 Å². The van der Waals surface area contributed by atoms with Crippen LogP contribution in [0.5, 0.6) is 0 Å². The van der Waals surface area contributed by atoms with Gasteiger partial charge in [0.2, 0.25) is 0 Å².